The molecule has 3 nitrogen and oxygen atoms in total. The summed E-state index contributed by atoms with van der Waals surface area (Å²) in [6.07, 6.45) is 43.0. The van der Waals surface area contributed by atoms with E-state index in [4.69, 9.17) is 0 Å². The third-order valence-electron chi connectivity index (χ3n) is 9.01. The van der Waals surface area contributed by atoms with Crippen molar-refractivity contribution in [2.24, 2.45) is 0 Å². The topological polar surface area (TPSA) is 43.4 Å². The first-order chi connectivity index (χ1) is 20.2. The molecule has 0 unspecified atom stereocenters. The second-order valence-corrected chi connectivity index (χ2v) is 13.2. The molecular weight excluding hydrogens is 509 g/mol. The van der Waals surface area contributed by atoms with Gasteiger partial charge >= 0.3 is 18.9 Å². The van der Waals surface area contributed by atoms with E-state index in [0.29, 0.717) is 0 Å². The molecule has 0 aromatic rings. The molecule has 246 valence electrons. The van der Waals surface area contributed by atoms with Crippen LogP contribution >= 0.6 is 0 Å². The fraction of sp³-hybridized carbons (Fsp3) is 0.974. The Bertz CT molecular complexity index is 467. The molecule has 0 saturated carbocycles. The van der Waals surface area contributed by atoms with Crippen molar-refractivity contribution < 1.29 is 28.8 Å². The van der Waals surface area contributed by atoms with Crippen LogP contribution in [0, 0.1) is 0 Å². The normalized spacial score (nSPS) is 11.3. The number of rotatable bonds is 36. The zero-order chi connectivity index (χ0) is 29.9. The number of aliphatic carboxylic acids is 1. The Morgan fingerprint density at radius 2 is 0.595 bits per heavy atom. The van der Waals surface area contributed by atoms with Gasteiger partial charge in [-0.15, -0.1) is 0 Å². The minimum Gasteiger partial charge on any atom is -0.550 e. The van der Waals surface area contributed by atoms with Crippen LogP contribution < -0.4 is 24.0 Å². The largest absolute Gasteiger partial charge is 1.00 e. The molecule has 0 aromatic carbocycles. The summed E-state index contributed by atoms with van der Waals surface area (Å²) in [5.41, 5.74) is 0. The Hall–Kier alpha value is 0.0274. The number of hydrogen-bond acceptors (Lipinski definition) is 3. The standard InChI is InChI=1S/C38H77NO2.Li/c1-3-5-7-9-11-13-15-17-19-21-23-25-27-29-31-35-39(37-33-34-38(40)41)36-32-30-28-26-24-22-20-18-16-14-12-10-8-6-4-2;/h3-37H2,1-2H3,(H,40,41);/q;+1/p-1. The molecule has 0 aliphatic heterocycles. The molecular formula is C38H76LiNO2. The molecule has 0 heterocycles. The number of carbonyl (C=O) groups is 1. The van der Waals surface area contributed by atoms with Gasteiger partial charge in [-0.2, -0.15) is 0 Å². The average molecular weight is 586 g/mol. The van der Waals surface area contributed by atoms with Gasteiger partial charge in [0.25, 0.3) is 0 Å². The molecule has 0 rings (SSSR count). The van der Waals surface area contributed by atoms with Crippen molar-refractivity contribution in [3.05, 3.63) is 0 Å². The van der Waals surface area contributed by atoms with E-state index in [1.165, 1.54) is 193 Å². The Morgan fingerprint density at radius 1 is 0.381 bits per heavy atom. The monoisotopic (exact) mass is 586 g/mol. The summed E-state index contributed by atoms with van der Waals surface area (Å²) < 4.78 is 0. The average Bonchev–Trinajstić information content (AvgIpc) is 2.96. The molecule has 0 aliphatic carbocycles. The molecule has 0 aromatic heterocycles. The van der Waals surface area contributed by atoms with Crippen LogP contribution in [0.4, 0.5) is 0 Å². The van der Waals surface area contributed by atoms with Gasteiger partial charge in [-0.25, -0.2) is 0 Å². The maximum atomic E-state index is 10.9. The van der Waals surface area contributed by atoms with Gasteiger partial charge in [0, 0.05) is 5.97 Å². The predicted octanol–water partition coefficient (Wildman–Crippen LogP) is 8.57. The van der Waals surface area contributed by atoms with Gasteiger partial charge < -0.3 is 14.8 Å². The third kappa shape index (κ3) is 38.1. The van der Waals surface area contributed by atoms with E-state index in [0.717, 1.165) is 26.1 Å². The van der Waals surface area contributed by atoms with E-state index in [1.54, 1.807) is 0 Å². The Labute approximate surface area is 277 Å². The summed E-state index contributed by atoms with van der Waals surface area (Å²) in [4.78, 5) is 13.4. The Balaban J connectivity index is 0. The SMILES string of the molecule is CCCCCCCCCCCCCCCCCN(CCCCCCCCCCCCCCCCC)CCCC(=O)[O-].[Li+]. The first kappa shape index (κ1) is 44.2. The van der Waals surface area contributed by atoms with Crippen LogP contribution in [-0.2, 0) is 4.79 Å². The van der Waals surface area contributed by atoms with Gasteiger partial charge in [0.1, 0.15) is 0 Å². The Kier molecular flexibility index (Phi) is 41.1. The van der Waals surface area contributed by atoms with E-state index in [1.807, 2.05) is 0 Å². The van der Waals surface area contributed by atoms with Gasteiger partial charge in [-0.05, 0) is 45.3 Å². The van der Waals surface area contributed by atoms with E-state index in [9.17, 15) is 9.90 Å². The molecule has 0 aliphatic rings. The van der Waals surface area contributed by atoms with Gasteiger partial charge in [-0.3, -0.25) is 0 Å². The summed E-state index contributed by atoms with van der Waals surface area (Å²) in [7, 11) is 0. The van der Waals surface area contributed by atoms with Gasteiger partial charge in [0.05, 0.1) is 0 Å². The van der Waals surface area contributed by atoms with Crippen molar-refractivity contribution in [3.63, 3.8) is 0 Å². The summed E-state index contributed by atoms with van der Waals surface area (Å²) >= 11 is 0. The van der Waals surface area contributed by atoms with Crippen LogP contribution in [0.15, 0.2) is 0 Å². The second kappa shape index (κ2) is 39.1. The fourth-order valence-electron chi connectivity index (χ4n) is 6.20. The summed E-state index contributed by atoms with van der Waals surface area (Å²) in [6.45, 7) is 7.79. The summed E-state index contributed by atoms with van der Waals surface area (Å²) in [6, 6.07) is 0. The van der Waals surface area contributed by atoms with E-state index in [-0.39, 0.29) is 25.3 Å². The van der Waals surface area contributed by atoms with E-state index >= 15 is 0 Å². The van der Waals surface area contributed by atoms with Crippen molar-refractivity contribution in [2.45, 2.75) is 219 Å². The number of carboxylic acid groups (broad SMARTS) is 1. The molecule has 0 bridgehead atoms. The first-order valence-corrected chi connectivity index (χ1v) is 19.1. The molecule has 0 spiro atoms. The van der Waals surface area contributed by atoms with Crippen molar-refractivity contribution >= 4 is 5.97 Å². The number of nitrogens with zero attached hydrogens (tertiary/aromatic N) is 1. The first-order valence-electron chi connectivity index (χ1n) is 19.1. The minimum absolute atomic E-state index is 0. The summed E-state index contributed by atoms with van der Waals surface area (Å²) in [5, 5.41) is 10.9. The van der Waals surface area contributed by atoms with Crippen molar-refractivity contribution in [2.75, 3.05) is 19.6 Å². The second-order valence-electron chi connectivity index (χ2n) is 13.2. The van der Waals surface area contributed by atoms with E-state index < -0.39 is 5.97 Å². The predicted molar refractivity (Wildman–Crippen MR) is 181 cm³/mol. The van der Waals surface area contributed by atoms with Crippen molar-refractivity contribution in [1.29, 1.82) is 0 Å². The zero-order valence-corrected chi connectivity index (χ0v) is 29.5. The minimum atomic E-state index is -0.899. The quantitative estimate of drug-likeness (QED) is 0.0546. The molecule has 0 N–H and O–H groups in total. The zero-order valence-electron chi connectivity index (χ0n) is 29.5. The van der Waals surface area contributed by atoms with Crippen molar-refractivity contribution in [1.82, 2.24) is 4.90 Å². The molecule has 0 fully saturated rings. The van der Waals surface area contributed by atoms with Crippen LogP contribution in [0.2, 0.25) is 0 Å². The maximum absolute atomic E-state index is 10.9. The molecule has 0 amide bonds. The van der Waals surface area contributed by atoms with Crippen LogP contribution in [0.3, 0.4) is 0 Å². The molecule has 0 saturated heterocycles. The maximum Gasteiger partial charge on any atom is 1.00 e. The summed E-state index contributed by atoms with van der Waals surface area (Å²) in [5.74, 6) is -0.899. The molecule has 42 heavy (non-hydrogen) atoms. The smallest absolute Gasteiger partial charge is 0.550 e. The van der Waals surface area contributed by atoms with Crippen LogP contribution in [0.5, 0.6) is 0 Å². The Morgan fingerprint density at radius 3 is 0.833 bits per heavy atom. The number of hydrogen-bond donors (Lipinski definition) is 0. The van der Waals surface area contributed by atoms with Gasteiger partial charge in [0.15, 0.2) is 0 Å². The number of unbranched alkanes of at least 4 members (excludes halogenated alkanes) is 28. The molecule has 0 radical (unpaired) electrons. The van der Waals surface area contributed by atoms with Gasteiger partial charge in [-0.1, -0.05) is 194 Å². The van der Waals surface area contributed by atoms with Gasteiger partial charge in [0.2, 0.25) is 0 Å². The van der Waals surface area contributed by atoms with Crippen LogP contribution in [0.1, 0.15) is 219 Å². The van der Waals surface area contributed by atoms with Crippen LogP contribution in [0.25, 0.3) is 0 Å². The number of carboxylic acids is 1. The van der Waals surface area contributed by atoms with E-state index in [2.05, 4.69) is 18.7 Å². The third-order valence-corrected chi connectivity index (χ3v) is 9.01. The van der Waals surface area contributed by atoms with Crippen molar-refractivity contribution in [3.8, 4) is 0 Å². The molecule has 0 atom stereocenters. The fourth-order valence-corrected chi connectivity index (χ4v) is 6.20. The molecule has 4 heteroatoms. The number of carbonyl (C=O) groups excluding carboxylic acids is 1. The van der Waals surface area contributed by atoms with Crippen LogP contribution in [-0.4, -0.2) is 30.5 Å².